The molecule has 3 N–H and O–H groups in total. The third-order valence-electron chi connectivity index (χ3n) is 4.82. The van der Waals surface area contributed by atoms with Crippen LogP contribution < -0.4 is 20.3 Å². The predicted molar refractivity (Wildman–Crippen MR) is 98.4 cm³/mol. The summed E-state index contributed by atoms with van der Waals surface area (Å²) in [4.78, 5) is 32.8. The molecule has 0 unspecified atom stereocenters. The molecule has 1 aromatic carbocycles. The first kappa shape index (κ1) is 18.2. The molecule has 140 valence electrons. The van der Waals surface area contributed by atoms with Crippen molar-refractivity contribution in [2.75, 3.05) is 45.2 Å². The standard InChI is InChI=1S/C18H25N5O3/c1-3-22-7-9-23(10-8-22)18-20-15(12-16(24)21-18)17(25)19-13-5-4-6-14(11-13)26-2/h4-6,11,15H,3,7-10,12H2,1-2H3,(H,19,25)(H,20,21,24)/p+1/t15-/m1/s1. The second-order valence-corrected chi connectivity index (χ2v) is 6.53. The summed E-state index contributed by atoms with van der Waals surface area (Å²) >= 11 is 0. The van der Waals surface area contributed by atoms with E-state index in [4.69, 9.17) is 4.74 Å². The van der Waals surface area contributed by atoms with Gasteiger partial charge in [0, 0.05) is 11.8 Å². The van der Waals surface area contributed by atoms with Crippen LogP contribution in [-0.2, 0) is 9.59 Å². The second kappa shape index (κ2) is 8.18. The normalized spacial score (nSPS) is 21.0. The lowest BCUT2D eigenvalue weighted by atomic mass is 10.1. The van der Waals surface area contributed by atoms with Gasteiger partial charge in [-0.05, 0) is 19.1 Å². The molecule has 2 aliphatic rings. The summed E-state index contributed by atoms with van der Waals surface area (Å²) in [6.45, 7) is 6.93. The number of nitrogens with zero attached hydrogens (tertiary/aromatic N) is 2. The Morgan fingerprint density at radius 3 is 2.88 bits per heavy atom. The molecule has 8 nitrogen and oxygen atoms in total. The first-order valence-corrected chi connectivity index (χ1v) is 9.00. The van der Waals surface area contributed by atoms with Crippen LogP contribution in [0.4, 0.5) is 5.69 Å². The fraction of sp³-hybridized carbons (Fsp3) is 0.500. The van der Waals surface area contributed by atoms with Crippen molar-refractivity contribution < 1.29 is 19.2 Å². The molecule has 2 heterocycles. The van der Waals surface area contributed by atoms with Crippen LogP contribution in [0.15, 0.2) is 29.3 Å². The van der Waals surface area contributed by atoms with Gasteiger partial charge in [0.1, 0.15) is 11.8 Å². The third-order valence-corrected chi connectivity index (χ3v) is 4.82. The van der Waals surface area contributed by atoms with E-state index in [0.29, 0.717) is 17.4 Å². The molecular formula is C18H26N5O3+. The predicted octanol–water partition coefficient (Wildman–Crippen LogP) is -0.901. The van der Waals surface area contributed by atoms with Crippen LogP contribution in [0.2, 0.25) is 0 Å². The van der Waals surface area contributed by atoms with Crippen LogP contribution in [0.3, 0.4) is 0 Å². The molecule has 0 bridgehead atoms. The topological polar surface area (TPSA) is 87.5 Å². The fourth-order valence-electron chi connectivity index (χ4n) is 3.20. The zero-order chi connectivity index (χ0) is 18.5. The molecule has 0 spiro atoms. The Hall–Kier alpha value is -2.61. The quantitative estimate of drug-likeness (QED) is 0.649. The molecule has 0 aromatic heterocycles. The lowest BCUT2D eigenvalue weighted by Gasteiger charge is -2.35. The molecule has 0 saturated carbocycles. The van der Waals surface area contributed by atoms with Gasteiger partial charge in [-0.3, -0.25) is 14.9 Å². The number of aliphatic imine (C=N–C) groups is 1. The molecule has 2 amide bonds. The molecule has 3 rings (SSSR count). The average molecular weight is 360 g/mol. The van der Waals surface area contributed by atoms with E-state index < -0.39 is 6.04 Å². The number of rotatable bonds is 4. The Balaban J connectivity index is 1.68. The summed E-state index contributed by atoms with van der Waals surface area (Å²) < 4.78 is 5.16. The maximum absolute atomic E-state index is 12.6. The van der Waals surface area contributed by atoms with Crippen molar-refractivity contribution in [2.45, 2.75) is 19.4 Å². The van der Waals surface area contributed by atoms with Crippen LogP contribution in [0.1, 0.15) is 13.3 Å². The maximum Gasteiger partial charge on any atom is 0.249 e. The second-order valence-electron chi connectivity index (χ2n) is 6.53. The summed E-state index contributed by atoms with van der Waals surface area (Å²) in [6, 6.07) is 6.39. The van der Waals surface area contributed by atoms with Crippen molar-refractivity contribution in [3.05, 3.63) is 24.3 Å². The van der Waals surface area contributed by atoms with Gasteiger partial charge in [-0.2, -0.15) is 0 Å². The number of guanidine groups is 1. The van der Waals surface area contributed by atoms with Crippen LogP contribution in [0.5, 0.6) is 5.75 Å². The Labute approximate surface area is 153 Å². The van der Waals surface area contributed by atoms with E-state index in [1.54, 1.807) is 31.4 Å². The first-order valence-electron chi connectivity index (χ1n) is 9.00. The largest absolute Gasteiger partial charge is 0.497 e. The van der Waals surface area contributed by atoms with Gasteiger partial charge in [0.15, 0.2) is 0 Å². The Kier molecular flexibility index (Phi) is 5.72. The summed E-state index contributed by atoms with van der Waals surface area (Å²) in [5.41, 5.74) is 0.622. The number of ether oxygens (including phenoxy) is 1. The minimum atomic E-state index is -0.721. The van der Waals surface area contributed by atoms with Gasteiger partial charge < -0.3 is 19.9 Å². The molecule has 2 aliphatic heterocycles. The van der Waals surface area contributed by atoms with Crippen LogP contribution in [0, 0.1) is 0 Å². The molecule has 0 aliphatic carbocycles. The zero-order valence-corrected chi connectivity index (χ0v) is 15.2. The van der Waals surface area contributed by atoms with E-state index in [1.807, 2.05) is 0 Å². The van der Waals surface area contributed by atoms with Gasteiger partial charge in [-0.15, -0.1) is 0 Å². The first-order chi connectivity index (χ1) is 12.6. The Morgan fingerprint density at radius 2 is 2.19 bits per heavy atom. The Morgan fingerprint density at radius 1 is 1.42 bits per heavy atom. The molecule has 8 heteroatoms. The SMILES string of the molecule is CC[NH+]1CCN(C2=N[C@@H](C(=O)Nc3cccc(OC)c3)CC(=O)N2)CC1. The molecular weight excluding hydrogens is 334 g/mol. The summed E-state index contributed by atoms with van der Waals surface area (Å²) in [7, 11) is 1.57. The van der Waals surface area contributed by atoms with E-state index in [1.165, 1.54) is 4.90 Å². The highest BCUT2D eigenvalue weighted by Crippen LogP contribution is 2.18. The number of carbonyl (C=O) groups excluding carboxylic acids is 2. The van der Waals surface area contributed by atoms with E-state index in [9.17, 15) is 9.59 Å². The number of hydrogen-bond donors (Lipinski definition) is 3. The number of anilines is 1. The van der Waals surface area contributed by atoms with E-state index >= 15 is 0 Å². The van der Waals surface area contributed by atoms with Crippen LogP contribution in [0.25, 0.3) is 0 Å². The molecule has 1 fully saturated rings. The molecule has 1 atom stereocenters. The lowest BCUT2D eigenvalue weighted by molar-refractivity contribution is -0.902. The number of carbonyl (C=O) groups is 2. The van der Waals surface area contributed by atoms with Crippen molar-refractivity contribution in [1.82, 2.24) is 10.2 Å². The zero-order valence-electron chi connectivity index (χ0n) is 15.2. The van der Waals surface area contributed by atoms with Crippen molar-refractivity contribution in [3.8, 4) is 5.75 Å². The number of piperazine rings is 1. The maximum atomic E-state index is 12.6. The summed E-state index contributed by atoms with van der Waals surface area (Å²) in [6.07, 6.45) is 0.0550. The summed E-state index contributed by atoms with van der Waals surface area (Å²) in [5.74, 6) is 0.710. The molecule has 1 aromatic rings. The van der Waals surface area contributed by atoms with Gasteiger partial charge in [0.05, 0.1) is 46.3 Å². The van der Waals surface area contributed by atoms with Gasteiger partial charge >= 0.3 is 0 Å². The highest BCUT2D eigenvalue weighted by molar-refractivity contribution is 6.06. The minimum Gasteiger partial charge on any atom is -0.497 e. The third kappa shape index (κ3) is 4.32. The molecule has 0 radical (unpaired) electrons. The van der Waals surface area contributed by atoms with Gasteiger partial charge in [0.2, 0.25) is 17.8 Å². The number of methoxy groups -OCH3 is 1. The smallest absolute Gasteiger partial charge is 0.249 e. The van der Waals surface area contributed by atoms with Crippen molar-refractivity contribution in [3.63, 3.8) is 0 Å². The molecule has 26 heavy (non-hydrogen) atoms. The highest BCUT2D eigenvalue weighted by Gasteiger charge is 2.31. The van der Waals surface area contributed by atoms with Gasteiger partial charge in [-0.1, -0.05) is 6.07 Å². The summed E-state index contributed by atoms with van der Waals surface area (Å²) in [5, 5.41) is 5.63. The monoisotopic (exact) mass is 360 g/mol. The Bertz CT molecular complexity index is 698. The van der Waals surface area contributed by atoms with E-state index in [2.05, 4.69) is 27.4 Å². The minimum absolute atomic E-state index is 0.0550. The van der Waals surface area contributed by atoms with Crippen molar-refractivity contribution >= 4 is 23.5 Å². The van der Waals surface area contributed by atoms with E-state index in [-0.39, 0.29) is 18.2 Å². The number of benzene rings is 1. The number of likely N-dealkylation sites (N-methyl/N-ethyl adjacent to an activating group) is 1. The molecule has 1 saturated heterocycles. The highest BCUT2D eigenvalue weighted by atomic mass is 16.5. The number of amides is 2. The van der Waals surface area contributed by atoms with E-state index in [0.717, 1.165) is 32.7 Å². The average Bonchev–Trinajstić information content (AvgIpc) is 2.67. The van der Waals surface area contributed by atoms with Crippen LogP contribution >= 0.6 is 0 Å². The number of quaternary nitrogens is 1. The number of nitrogens with one attached hydrogen (secondary N) is 3. The number of hydrogen-bond acceptors (Lipinski definition) is 5. The van der Waals surface area contributed by atoms with Gasteiger partial charge in [-0.25, -0.2) is 4.99 Å². The van der Waals surface area contributed by atoms with Crippen molar-refractivity contribution in [2.24, 2.45) is 4.99 Å². The lowest BCUT2D eigenvalue weighted by Crippen LogP contribution is -3.14. The van der Waals surface area contributed by atoms with Crippen molar-refractivity contribution in [1.29, 1.82) is 0 Å². The van der Waals surface area contributed by atoms with Crippen LogP contribution in [-0.4, -0.2) is 68.5 Å². The van der Waals surface area contributed by atoms with Gasteiger partial charge in [0.25, 0.3) is 0 Å². The fourth-order valence-corrected chi connectivity index (χ4v) is 3.20.